The Kier molecular flexibility index (Phi) is 4.03. The molecule has 0 amide bonds. The second-order valence-electron chi connectivity index (χ2n) is 6.20. The summed E-state index contributed by atoms with van der Waals surface area (Å²) in [6, 6.07) is 13.9. The summed E-state index contributed by atoms with van der Waals surface area (Å²) in [5, 5.41) is 0.738. The van der Waals surface area contributed by atoms with E-state index in [1.807, 2.05) is 49.4 Å². The number of pyridine rings is 1. The van der Waals surface area contributed by atoms with E-state index < -0.39 is 0 Å². The predicted octanol–water partition coefficient (Wildman–Crippen LogP) is 5.05. The average Bonchev–Trinajstić information content (AvgIpc) is 2.61. The van der Waals surface area contributed by atoms with Crippen LogP contribution >= 0.6 is 11.6 Å². The largest absolute Gasteiger partial charge is 0.250 e. The fourth-order valence-electron chi connectivity index (χ4n) is 3.22. The number of rotatable bonds is 2. The molecule has 4 rings (SSSR count). The lowest BCUT2D eigenvalue weighted by Gasteiger charge is -2.19. The summed E-state index contributed by atoms with van der Waals surface area (Å²) in [6.45, 7) is 1.99. The molecule has 2 heterocycles. The van der Waals surface area contributed by atoms with Crippen molar-refractivity contribution < 1.29 is 0 Å². The first-order valence-electron chi connectivity index (χ1n) is 8.30. The van der Waals surface area contributed by atoms with Gasteiger partial charge in [-0.05, 0) is 56.9 Å². The van der Waals surface area contributed by atoms with Crippen molar-refractivity contribution in [3.63, 3.8) is 0 Å². The molecule has 1 aromatic carbocycles. The lowest BCUT2D eigenvalue weighted by atomic mass is 9.92. The second-order valence-corrected chi connectivity index (χ2v) is 6.64. The third-order valence-electron chi connectivity index (χ3n) is 4.42. The third-order valence-corrected chi connectivity index (χ3v) is 4.67. The first-order valence-corrected chi connectivity index (χ1v) is 8.68. The van der Waals surface area contributed by atoms with Gasteiger partial charge in [0.2, 0.25) is 0 Å². The SMILES string of the molecule is Cc1cccc(-c2nc3c(c(-c4ccc(Cl)cc4)n2)CCCC3)n1. The number of nitrogens with zero attached hydrogens (tertiary/aromatic N) is 3. The van der Waals surface area contributed by atoms with Gasteiger partial charge in [-0.25, -0.2) is 15.0 Å². The van der Waals surface area contributed by atoms with Gasteiger partial charge < -0.3 is 0 Å². The molecule has 0 atom stereocenters. The van der Waals surface area contributed by atoms with Crippen molar-refractivity contribution in [1.29, 1.82) is 0 Å². The first-order chi connectivity index (χ1) is 11.7. The number of halogens is 1. The highest BCUT2D eigenvalue weighted by Gasteiger charge is 2.19. The van der Waals surface area contributed by atoms with Gasteiger partial charge in [0.15, 0.2) is 5.82 Å². The molecular formula is C20H18ClN3. The summed E-state index contributed by atoms with van der Waals surface area (Å²) < 4.78 is 0. The first kappa shape index (κ1) is 15.3. The Bertz CT molecular complexity index is 888. The Morgan fingerprint density at radius 1 is 0.875 bits per heavy atom. The van der Waals surface area contributed by atoms with E-state index in [-0.39, 0.29) is 0 Å². The van der Waals surface area contributed by atoms with Crippen molar-refractivity contribution in [2.45, 2.75) is 32.6 Å². The molecule has 3 aromatic rings. The summed E-state index contributed by atoms with van der Waals surface area (Å²) >= 11 is 6.04. The Morgan fingerprint density at radius 2 is 1.67 bits per heavy atom. The number of aromatic nitrogens is 3. The Labute approximate surface area is 146 Å². The molecule has 0 saturated carbocycles. The van der Waals surface area contributed by atoms with Gasteiger partial charge in [0.25, 0.3) is 0 Å². The zero-order chi connectivity index (χ0) is 16.5. The van der Waals surface area contributed by atoms with E-state index >= 15 is 0 Å². The van der Waals surface area contributed by atoms with E-state index in [9.17, 15) is 0 Å². The molecule has 0 N–H and O–H groups in total. The average molecular weight is 336 g/mol. The molecule has 1 aliphatic rings. The fraction of sp³-hybridized carbons (Fsp3) is 0.250. The van der Waals surface area contributed by atoms with Gasteiger partial charge in [0, 0.05) is 27.5 Å². The van der Waals surface area contributed by atoms with E-state index in [0.29, 0.717) is 5.82 Å². The van der Waals surface area contributed by atoms with Crippen LogP contribution in [-0.2, 0) is 12.8 Å². The third kappa shape index (κ3) is 2.92. The topological polar surface area (TPSA) is 38.7 Å². The molecule has 0 radical (unpaired) electrons. The highest BCUT2D eigenvalue weighted by molar-refractivity contribution is 6.30. The van der Waals surface area contributed by atoms with Crippen LogP contribution in [0.1, 0.15) is 29.8 Å². The van der Waals surface area contributed by atoms with Gasteiger partial charge in [-0.1, -0.05) is 29.8 Å². The summed E-state index contributed by atoms with van der Waals surface area (Å²) in [5.41, 5.74) is 6.36. The number of benzene rings is 1. The van der Waals surface area contributed by atoms with Gasteiger partial charge in [-0.15, -0.1) is 0 Å². The number of fused-ring (bicyclic) bond motifs is 1. The van der Waals surface area contributed by atoms with Gasteiger partial charge in [-0.3, -0.25) is 0 Å². The summed E-state index contributed by atoms with van der Waals surface area (Å²) in [5.74, 6) is 0.712. The monoisotopic (exact) mass is 335 g/mol. The van der Waals surface area contributed by atoms with E-state index in [1.165, 1.54) is 24.1 Å². The van der Waals surface area contributed by atoms with E-state index in [0.717, 1.165) is 40.5 Å². The number of aryl methyl sites for hydroxylation is 2. The standard InChI is InChI=1S/C20H18ClN3/c1-13-5-4-8-18(22-13)20-23-17-7-3-2-6-16(17)19(24-20)14-9-11-15(21)12-10-14/h4-5,8-12H,2-3,6-7H2,1H3. The molecular weight excluding hydrogens is 318 g/mol. The van der Waals surface area contributed by atoms with E-state index in [2.05, 4.69) is 4.98 Å². The fourth-order valence-corrected chi connectivity index (χ4v) is 3.35. The highest BCUT2D eigenvalue weighted by Crippen LogP contribution is 2.31. The van der Waals surface area contributed by atoms with Crippen LogP contribution in [0.2, 0.25) is 5.02 Å². The van der Waals surface area contributed by atoms with Crippen LogP contribution in [0.15, 0.2) is 42.5 Å². The number of hydrogen-bond donors (Lipinski definition) is 0. The van der Waals surface area contributed by atoms with Gasteiger partial charge in [-0.2, -0.15) is 0 Å². The molecule has 1 aliphatic carbocycles. The maximum absolute atomic E-state index is 6.04. The molecule has 0 spiro atoms. The second kappa shape index (κ2) is 6.33. The van der Waals surface area contributed by atoms with Crippen LogP contribution < -0.4 is 0 Å². The van der Waals surface area contributed by atoms with Gasteiger partial charge >= 0.3 is 0 Å². The molecule has 0 bridgehead atoms. The predicted molar refractivity (Wildman–Crippen MR) is 97.1 cm³/mol. The van der Waals surface area contributed by atoms with Crippen LogP contribution in [0.3, 0.4) is 0 Å². The van der Waals surface area contributed by atoms with Gasteiger partial charge in [0.05, 0.1) is 5.69 Å². The smallest absolute Gasteiger partial charge is 0.178 e. The van der Waals surface area contributed by atoms with E-state index in [4.69, 9.17) is 21.6 Å². The lowest BCUT2D eigenvalue weighted by molar-refractivity contribution is 0.665. The molecule has 0 unspecified atom stereocenters. The molecule has 24 heavy (non-hydrogen) atoms. The minimum Gasteiger partial charge on any atom is -0.250 e. The molecule has 2 aromatic heterocycles. The van der Waals surface area contributed by atoms with Crippen molar-refractivity contribution >= 4 is 11.6 Å². The minimum atomic E-state index is 0.712. The maximum Gasteiger partial charge on any atom is 0.178 e. The Morgan fingerprint density at radius 3 is 2.46 bits per heavy atom. The highest BCUT2D eigenvalue weighted by atomic mass is 35.5. The molecule has 0 saturated heterocycles. The summed E-state index contributed by atoms with van der Waals surface area (Å²) in [6.07, 6.45) is 4.43. The van der Waals surface area contributed by atoms with E-state index in [1.54, 1.807) is 0 Å². The zero-order valence-corrected chi connectivity index (χ0v) is 14.3. The summed E-state index contributed by atoms with van der Waals surface area (Å²) in [4.78, 5) is 14.3. The van der Waals surface area contributed by atoms with Crippen molar-refractivity contribution in [2.75, 3.05) is 0 Å². The van der Waals surface area contributed by atoms with Crippen LogP contribution in [0, 0.1) is 6.92 Å². The van der Waals surface area contributed by atoms with Crippen LogP contribution in [-0.4, -0.2) is 15.0 Å². The quantitative estimate of drug-likeness (QED) is 0.658. The van der Waals surface area contributed by atoms with Crippen molar-refractivity contribution in [1.82, 2.24) is 15.0 Å². The maximum atomic E-state index is 6.04. The molecule has 120 valence electrons. The Hall–Kier alpha value is -2.26. The van der Waals surface area contributed by atoms with Gasteiger partial charge in [0.1, 0.15) is 5.69 Å². The molecule has 4 heteroatoms. The minimum absolute atomic E-state index is 0.712. The molecule has 0 fully saturated rings. The lowest BCUT2D eigenvalue weighted by Crippen LogP contribution is -2.11. The van der Waals surface area contributed by atoms with Crippen molar-refractivity contribution in [3.05, 3.63) is 64.4 Å². The number of hydrogen-bond acceptors (Lipinski definition) is 3. The summed E-state index contributed by atoms with van der Waals surface area (Å²) in [7, 11) is 0. The molecule has 0 aliphatic heterocycles. The van der Waals surface area contributed by atoms with Crippen molar-refractivity contribution in [3.8, 4) is 22.8 Å². The van der Waals surface area contributed by atoms with Crippen molar-refractivity contribution in [2.24, 2.45) is 0 Å². The van der Waals surface area contributed by atoms with Crippen LogP contribution in [0.4, 0.5) is 0 Å². The zero-order valence-electron chi connectivity index (χ0n) is 13.6. The van der Waals surface area contributed by atoms with Crippen LogP contribution in [0.5, 0.6) is 0 Å². The normalized spacial score (nSPS) is 13.6. The molecule has 3 nitrogen and oxygen atoms in total. The van der Waals surface area contributed by atoms with Crippen LogP contribution in [0.25, 0.3) is 22.8 Å². The Balaban J connectivity index is 1.91.